The molecular weight excluding hydrogens is 166 g/mol. The third-order valence-corrected chi connectivity index (χ3v) is 2.01. The molecule has 3 nitrogen and oxygen atoms in total. The number of para-hydroxylation sites is 1. The van der Waals surface area contributed by atoms with Gasteiger partial charge in [0.15, 0.2) is 11.5 Å². The number of fused-ring (bicyclic) bond motifs is 1. The summed E-state index contributed by atoms with van der Waals surface area (Å²) in [5, 5.41) is 0.977. The highest BCUT2D eigenvalue weighted by molar-refractivity contribution is 5.85. The van der Waals surface area contributed by atoms with Crippen LogP contribution < -0.4 is 10.5 Å². The Morgan fingerprint density at radius 3 is 2.85 bits per heavy atom. The van der Waals surface area contributed by atoms with E-state index in [0.717, 1.165) is 16.7 Å². The predicted molar refractivity (Wildman–Crippen MR) is 50.7 cm³/mol. The third-order valence-electron chi connectivity index (χ3n) is 2.01. The average Bonchev–Trinajstić information content (AvgIpc) is 2.55. The summed E-state index contributed by atoms with van der Waals surface area (Å²) >= 11 is 0. The maximum Gasteiger partial charge on any atom is 0.169 e. The molecule has 0 aliphatic carbocycles. The van der Waals surface area contributed by atoms with E-state index in [0.29, 0.717) is 12.3 Å². The van der Waals surface area contributed by atoms with Crippen LogP contribution in [0.3, 0.4) is 0 Å². The molecule has 0 saturated carbocycles. The van der Waals surface area contributed by atoms with Gasteiger partial charge >= 0.3 is 0 Å². The summed E-state index contributed by atoms with van der Waals surface area (Å²) in [4.78, 5) is 0. The standard InChI is InChI=1S/C10H11NO2/c1-12-10-7-4-2-3-5-8(7)13-9(10)6-11/h2-5H,6,11H2,1H3. The highest BCUT2D eigenvalue weighted by Crippen LogP contribution is 2.32. The van der Waals surface area contributed by atoms with Gasteiger partial charge in [-0.15, -0.1) is 0 Å². The third kappa shape index (κ3) is 1.17. The Balaban J connectivity index is 2.73. The largest absolute Gasteiger partial charge is 0.492 e. The van der Waals surface area contributed by atoms with E-state index in [4.69, 9.17) is 14.9 Å². The molecule has 1 aromatic heterocycles. The van der Waals surface area contributed by atoms with E-state index in [1.807, 2.05) is 24.3 Å². The molecule has 0 aliphatic heterocycles. The van der Waals surface area contributed by atoms with E-state index in [1.54, 1.807) is 7.11 Å². The second kappa shape index (κ2) is 3.11. The van der Waals surface area contributed by atoms with E-state index in [1.165, 1.54) is 0 Å². The summed E-state index contributed by atoms with van der Waals surface area (Å²) in [5.41, 5.74) is 6.34. The van der Waals surface area contributed by atoms with Gasteiger partial charge in [-0.25, -0.2) is 0 Å². The highest BCUT2D eigenvalue weighted by atomic mass is 16.5. The topological polar surface area (TPSA) is 48.4 Å². The van der Waals surface area contributed by atoms with Crippen molar-refractivity contribution in [3.63, 3.8) is 0 Å². The molecule has 0 spiro atoms. The quantitative estimate of drug-likeness (QED) is 0.762. The fourth-order valence-electron chi connectivity index (χ4n) is 1.43. The second-order valence-electron chi connectivity index (χ2n) is 2.76. The van der Waals surface area contributed by atoms with Gasteiger partial charge in [0.1, 0.15) is 5.58 Å². The van der Waals surface area contributed by atoms with Crippen molar-refractivity contribution in [2.24, 2.45) is 5.73 Å². The van der Waals surface area contributed by atoms with Crippen molar-refractivity contribution in [2.45, 2.75) is 6.54 Å². The Bertz CT molecular complexity index is 420. The fourth-order valence-corrected chi connectivity index (χ4v) is 1.43. The van der Waals surface area contributed by atoms with Gasteiger partial charge in [0, 0.05) is 0 Å². The Morgan fingerprint density at radius 2 is 2.15 bits per heavy atom. The molecule has 0 aliphatic rings. The van der Waals surface area contributed by atoms with Crippen LogP contribution in [0.2, 0.25) is 0 Å². The smallest absolute Gasteiger partial charge is 0.169 e. The fraction of sp³-hybridized carbons (Fsp3) is 0.200. The maximum absolute atomic E-state index is 5.52. The number of benzene rings is 1. The predicted octanol–water partition coefficient (Wildman–Crippen LogP) is 1.90. The normalized spacial score (nSPS) is 10.6. The molecular formula is C10H11NO2. The lowest BCUT2D eigenvalue weighted by molar-refractivity contribution is 0.397. The summed E-state index contributed by atoms with van der Waals surface area (Å²) in [5.74, 6) is 1.45. The molecule has 3 heteroatoms. The van der Waals surface area contributed by atoms with E-state index in [2.05, 4.69) is 0 Å². The van der Waals surface area contributed by atoms with E-state index >= 15 is 0 Å². The SMILES string of the molecule is COc1c(CN)oc2ccccc12. The Labute approximate surface area is 76.1 Å². The Kier molecular flexibility index (Phi) is 1.94. The first kappa shape index (κ1) is 8.13. The van der Waals surface area contributed by atoms with Gasteiger partial charge in [-0.3, -0.25) is 0 Å². The minimum atomic E-state index is 0.359. The number of rotatable bonds is 2. The van der Waals surface area contributed by atoms with Crippen LogP contribution in [0.4, 0.5) is 0 Å². The Hall–Kier alpha value is -1.48. The number of methoxy groups -OCH3 is 1. The monoisotopic (exact) mass is 177 g/mol. The molecule has 13 heavy (non-hydrogen) atoms. The zero-order chi connectivity index (χ0) is 9.26. The highest BCUT2D eigenvalue weighted by Gasteiger charge is 2.11. The lowest BCUT2D eigenvalue weighted by Gasteiger charge is -1.96. The first-order valence-corrected chi connectivity index (χ1v) is 4.11. The first-order valence-electron chi connectivity index (χ1n) is 4.11. The number of hydrogen-bond acceptors (Lipinski definition) is 3. The van der Waals surface area contributed by atoms with E-state index < -0.39 is 0 Å². The molecule has 0 atom stereocenters. The van der Waals surface area contributed by atoms with Crippen molar-refractivity contribution < 1.29 is 9.15 Å². The summed E-state index contributed by atoms with van der Waals surface area (Å²) in [6.07, 6.45) is 0. The summed E-state index contributed by atoms with van der Waals surface area (Å²) in [6.45, 7) is 0.359. The molecule has 1 aromatic carbocycles. The van der Waals surface area contributed by atoms with Crippen LogP contribution >= 0.6 is 0 Å². The molecule has 0 fully saturated rings. The van der Waals surface area contributed by atoms with Crippen LogP contribution in [0.15, 0.2) is 28.7 Å². The first-order chi connectivity index (χ1) is 6.36. The lowest BCUT2D eigenvalue weighted by atomic mass is 10.2. The van der Waals surface area contributed by atoms with Crippen molar-refractivity contribution in [3.8, 4) is 5.75 Å². The number of hydrogen-bond donors (Lipinski definition) is 1. The van der Waals surface area contributed by atoms with Crippen molar-refractivity contribution in [2.75, 3.05) is 7.11 Å². The molecule has 68 valence electrons. The van der Waals surface area contributed by atoms with Gasteiger partial charge in [0.25, 0.3) is 0 Å². The molecule has 2 rings (SSSR count). The number of nitrogens with two attached hydrogens (primary N) is 1. The van der Waals surface area contributed by atoms with Crippen molar-refractivity contribution in [1.29, 1.82) is 0 Å². The van der Waals surface area contributed by atoms with Gasteiger partial charge in [0.2, 0.25) is 0 Å². The van der Waals surface area contributed by atoms with Crippen molar-refractivity contribution >= 4 is 11.0 Å². The summed E-state index contributed by atoms with van der Waals surface area (Å²) in [7, 11) is 1.62. The van der Waals surface area contributed by atoms with Gasteiger partial charge < -0.3 is 14.9 Å². The maximum atomic E-state index is 5.52. The van der Waals surface area contributed by atoms with Crippen LogP contribution in [-0.4, -0.2) is 7.11 Å². The van der Waals surface area contributed by atoms with Gasteiger partial charge in [-0.1, -0.05) is 12.1 Å². The van der Waals surface area contributed by atoms with Gasteiger partial charge in [-0.2, -0.15) is 0 Å². The van der Waals surface area contributed by atoms with E-state index in [9.17, 15) is 0 Å². The van der Waals surface area contributed by atoms with Crippen LogP contribution in [0.1, 0.15) is 5.76 Å². The number of furan rings is 1. The summed E-state index contributed by atoms with van der Waals surface area (Å²) < 4.78 is 10.7. The number of ether oxygens (including phenoxy) is 1. The summed E-state index contributed by atoms with van der Waals surface area (Å²) in [6, 6.07) is 7.72. The molecule has 0 amide bonds. The second-order valence-corrected chi connectivity index (χ2v) is 2.76. The lowest BCUT2D eigenvalue weighted by Crippen LogP contribution is -1.96. The average molecular weight is 177 g/mol. The van der Waals surface area contributed by atoms with Gasteiger partial charge in [-0.05, 0) is 12.1 Å². The minimum absolute atomic E-state index is 0.359. The zero-order valence-corrected chi connectivity index (χ0v) is 7.41. The Morgan fingerprint density at radius 1 is 1.38 bits per heavy atom. The van der Waals surface area contributed by atoms with Crippen LogP contribution in [0, 0.1) is 0 Å². The molecule has 2 aromatic rings. The van der Waals surface area contributed by atoms with Crippen LogP contribution in [0.25, 0.3) is 11.0 Å². The van der Waals surface area contributed by atoms with Crippen molar-refractivity contribution in [1.82, 2.24) is 0 Å². The molecule has 1 heterocycles. The molecule has 0 saturated heterocycles. The van der Waals surface area contributed by atoms with Gasteiger partial charge in [0.05, 0.1) is 19.0 Å². The van der Waals surface area contributed by atoms with Crippen LogP contribution in [0.5, 0.6) is 5.75 Å². The van der Waals surface area contributed by atoms with E-state index in [-0.39, 0.29) is 0 Å². The molecule has 0 bridgehead atoms. The molecule has 2 N–H and O–H groups in total. The minimum Gasteiger partial charge on any atom is -0.492 e. The molecule has 0 unspecified atom stereocenters. The van der Waals surface area contributed by atoms with Crippen molar-refractivity contribution in [3.05, 3.63) is 30.0 Å². The zero-order valence-electron chi connectivity index (χ0n) is 7.41. The van der Waals surface area contributed by atoms with Crippen LogP contribution in [-0.2, 0) is 6.54 Å². The molecule has 0 radical (unpaired) electrons.